The first-order valence-electron chi connectivity index (χ1n) is 9.44. The highest BCUT2D eigenvalue weighted by Crippen LogP contribution is 2.17. The lowest BCUT2D eigenvalue weighted by atomic mass is 10.1. The molecule has 0 bridgehead atoms. The third-order valence-electron chi connectivity index (χ3n) is 4.16. The van der Waals surface area contributed by atoms with Gasteiger partial charge in [0.05, 0.1) is 13.2 Å². The van der Waals surface area contributed by atoms with Crippen LogP contribution in [0.5, 0.6) is 0 Å². The monoisotopic (exact) mass is 384 g/mol. The van der Waals surface area contributed by atoms with E-state index < -0.39 is 24.0 Å². The van der Waals surface area contributed by atoms with Gasteiger partial charge < -0.3 is 20.1 Å². The number of hydrogen-bond acceptors (Lipinski definition) is 6. The zero-order chi connectivity index (χ0) is 20.5. The third-order valence-corrected chi connectivity index (χ3v) is 4.16. The maximum atomic E-state index is 12.7. The number of esters is 2. The number of carbonyl (C=O) groups is 2. The highest BCUT2D eigenvalue weighted by molar-refractivity contribution is 5.91. The first-order valence-corrected chi connectivity index (χ1v) is 9.44. The zero-order valence-electron chi connectivity index (χ0n) is 16.8. The maximum Gasteiger partial charge on any atom is 0.331 e. The van der Waals surface area contributed by atoms with Crippen LogP contribution in [0.3, 0.4) is 0 Å². The molecule has 0 aliphatic carbocycles. The molecule has 2 atom stereocenters. The van der Waals surface area contributed by atoms with Crippen molar-refractivity contribution in [3.8, 4) is 0 Å². The molecule has 2 aromatic carbocycles. The fraction of sp³-hybridized carbons (Fsp3) is 0.364. The zero-order valence-corrected chi connectivity index (χ0v) is 16.8. The summed E-state index contributed by atoms with van der Waals surface area (Å²) in [5.41, 5.74) is 3.61. The normalized spacial score (nSPS) is 12.6. The van der Waals surface area contributed by atoms with Crippen molar-refractivity contribution in [2.24, 2.45) is 0 Å². The molecule has 2 rings (SSSR count). The molecule has 2 aromatic rings. The molecule has 0 radical (unpaired) electrons. The minimum atomic E-state index is -0.956. The van der Waals surface area contributed by atoms with Gasteiger partial charge in [0.2, 0.25) is 0 Å². The summed E-state index contributed by atoms with van der Waals surface area (Å²) in [5.74, 6) is -1.05. The molecule has 0 saturated carbocycles. The summed E-state index contributed by atoms with van der Waals surface area (Å²) in [6.07, 6.45) is 0. The number of ether oxygens (including phenoxy) is 2. The van der Waals surface area contributed by atoms with Gasteiger partial charge in [-0.2, -0.15) is 0 Å². The summed E-state index contributed by atoms with van der Waals surface area (Å²) in [5, 5.41) is 6.25. The molecule has 0 heterocycles. The van der Waals surface area contributed by atoms with Crippen molar-refractivity contribution >= 4 is 23.3 Å². The van der Waals surface area contributed by atoms with E-state index in [0.29, 0.717) is 11.4 Å². The summed E-state index contributed by atoms with van der Waals surface area (Å²) in [6, 6.07) is 13.2. The van der Waals surface area contributed by atoms with E-state index in [9.17, 15) is 9.59 Å². The van der Waals surface area contributed by atoms with Gasteiger partial charge in [-0.1, -0.05) is 35.4 Å². The fourth-order valence-electron chi connectivity index (χ4n) is 2.68. The highest BCUT2D eigenvalue weighted by Gasteiger charge is 2.36. The van der Waals surface area contributed by atoms with Crippen molar-refractivity contribution in [2.45, 2.75) is 39.8 Å². The van der Waals surface area contributed by atoms with Crippen LogP contribution in [0, 0.1) is 13.8 Å². The molecule has 0 aromatic heterocycles. The van der Waals surface area contributed by atoms with E-state index in [1.54, 1.807) is 13.8 Å². The second kappa shape index (κ2) is 10.3. The smallest absolute Gasteiger partial charge is 0.331 e. The molecule has 0 saturated heterocycles. The minimum absolute atomic E-state index is 0.213. The van der Waals surface area contributed by atoms with Crippen LogP contribution in [-0.4, -0.2) is 37.2 Å². The SMILES string of the molecule is CCOC(=O)C(Nc1ccc(C)cc1)C(Nc1ccc(C)cc1)C(=O)OCC. The van der Waals surface area contributed by atoms with E-state index in [1.165, 1.54) is 0 Å². The number of nitrogens with one attached hydrogen (secondary N) is 2. The first-order chi connectivity index (χ1) is 13.4. The molecular weight excluding hydrogens is 356 g/mol. The lowest BCUT2D eigenvalue weighted by Crippen LogP contribution is -2.51. The van der Waals surface area contributed by atoms with Crippen LogP contribution in [0.4, 0.5) is 11.4 Å². The molecule has 0 aliphatic rings. The topological polar surface area (TPSA) is 76.7 Å². The Labute approximate surface area is 166 Å². The predicted molar refractivity (Wildman–Crippen MR) is 110 cm³/mol. The highest BCUT2D eigenvalue weighted by atomic mass is 16.5. The van der Waals surface area contributed by atoms with Crippen molar-refractivity contribution in [2.75, 3.05) is 23.8 Å². The van der Waals surface area contributed by atoms with Crippen molar-refractivity contribution in [3.05, 3.63) is 59.7 Å². The number of aryl methyl sites for hydroxylation is 2. The second-order valence-electron chi connectivity index (χ2n) is 6.48. The molecule has 6 nitrogen and oxygen atoms in total. The summed E-state index contributed by atoms with van der Waals surface area (Å²) < 4.78 is 10.4. The Hall–Kier alpha value is -3.02. The number of hydrogen-bond donors (Lipinski definition) is 2. The molecular formula is C22H28N2O4. The van der Waals surface area contributed by atoms with Crippen LogP contribution >= 0.6 is 0 Å². The molecule has 2 N–H and O–H groups in total. The molecule has 0 amide bonds. The standard InChI is InChI=1S/C22H28N2O4/c1-5-27-21(25)19(23-17-11-7-15(3)8-12-17)20(22(26)28-6-2)24-18-13-9-16(4)10-14-18/h7-14,19-20,23-24H,5-6H2,1-4H3. The lowest BCUT2D eigenvalue weighted by molar-refractivity contribution is -0.151. The van der Waals surface area contributed by atoms with Crippen LogP contribution in [0.25, 0.3) is 0 Å². The molecule has 0 spiro atoms. The molecule has 0 aliphatic heterocycles. The van der Waals surface area contributed by atoms with Gasteiger partial charge in [-0.3, -0.25) is 0 Å². The van der Waals surface area contributed by atoms with Crippen molar-refractivity contribution in [3.63, 3.8) is 0 Å². The summed E-state index contributed by atoms with van der Waals surface area (Å²) in [6.45, 7) is 7.84. The minimum Gasteiger partial charge on any atom is -0.464 e. The Kier molecular flexibility index (Phi) is 7.87. The number of carbonyl (C=O) groups excluding carboxylic acids is 2. The van der Waals surface area contributed by atoms with E-state index in [2.05, 4.69) is 10.6 Å². The number of anilines is 2. The van der Waals surface area contributed by atoms with Gasteiger partial charge in [0, 0.05) is 11.4 Å². The maximum absolute atomic E-state index is 12.7. The summed E-state index contributed by atoms with van der Waals surface area (Å²) in [7, 11) is 0. The largest absolute Gasteiger partial charge is 0.464 e. The van der Waals surface area contributed by atoms with Gasteiger partial charge in [-0.15, -0.1) is 0 Å². The van der Waals surface area contributed by atoms with Gasteiger partial charge >= 0.3 is 11.9 Å². The average molecular weight is 384 g/mol. The van der Waals surface area contributed by atoms with E-state index in [4.69, 9.17) is 9.47 Å². The van der Waals surface area contributed by atoms with Crippen LogP contribution in [0.2, 0.25) is 0 Å². The van der Waals surface area contributed by atoms with Crippen LogP contribution in [0.1, 0.15) is 25.0 Å². The van der Waals surface area contributed by atoms with Gasteiger partial charge in [0.25, 0.3) is 0 Å². The Morgan fingerprint density at radius 2 is 1.04 bits per heavy atom. The Bertz CT molecular complexity index is 705. The van der Waals surface area contributed by atoms with Gasteiger partial charge in [-0.05, 0) is 52.0 Å². The fourth-order valence-corrected chi connectivity index (χ4v) is 2.68. The lowest BCUT2D eigenvalue weighted by Gasteiger charge is -2.27. The predicted octanol–water partition coefficient (Wildman–Crippen LogP) is 3.69. The van der Waals surface area contributed by atoms with Gasteiger partial charge in [0.1, 0.15) is 0 Å². The Morgan fingerprint density at radius 1 is 0.714 bits per heavy atom. The molecule has 6 heteroatoms. The molecule has 0 fully saturated rings. The average Bonchev–Trinajstić information content (AvgIpc) is 2.68. The van der Waals surface area contributed by atoms with Crippen molar-refractivity contribution in [1.82, 2.24) is 0 Å². The third kappa shape index (κ3) is 6.01. The van der Waals surface area contributed by atoms with Crippen molar-refractivity contribution < 1.29 is 19.1 Å². The Morgan fingerprint density at radius 3 is 1.32 bits per heavy atom. The van der Waals surface area contributed by atoms with Crippen LogP contribution < -0.4 is 10.6 Å². The van der Waals surface area contributed by atoms with Gasteiger partial charge in [-0.25, -0.2) is 9.59 Å². The Balaban J connectivity index is 2.34. The summed E-state index contributed by atoms with van der Waals surface area (Å²) >= 11 is 0. The first kappa shape index (κ1) is 21.3. The van der Waals surface area contributed by atoms with Crippen LogP contribution in [0.15, 0.2) is 48.5 Å². The van der Waals surface area contributed by atoms with Crippen LogP contribution in [-0.2, 0) is 19.1 Å². The van der Waals surface area contributed by atoms with E-state index in [0.717, 1.165) is 11.1 Å². The molecule has 2 unspecified atom stereocenters. The van der Waals surface area contributed by atoms with E-state index in [1.807, 2.05) is 62.4 Å². The second-order valence-corrected chi connectivity index (χ2v) is 6.48. The number of rotatable bonds is 9. The molecule has 150 valence electrons. The van der Waals surface area contributed by atoms with Crippen molar-refractivity contribution in [1.29, 1.82) is 0 Å². The quantitative estimate of drug-likeness (QED) is 0.642. The van der Waals surface area contributed by atoms with E-state index >= 15 is 0 Å². The van der Waals surface area contributed by atoms with E-state index in [-0.39, 0.29) is 13.2 Å². The number of benzene rings is 2. The van der Waals surface area contributed by atoms with Gasteiger partial charge in [0.15, 0.2) is 12.1 Å². The molecule has 28 heavy (non-hydrogen) atoms. The summed E-state index contributed by atoms with van der Waals surface area (Å²) in [4.78, 5) is 25.4.